The average molecular weight is 290 g/mol. The number of aliphatic carboxylic acids is 1. The second kappa shape index (κ2) is 15.4. The van der Waals surface area contributed by atoms with Crippen molar-refractivity contribution in [1.82, 2.24) is 0 Å². The summed E-state index contributed by atoms with van der Waals surface area (Å²) in [6, 6.07) is 10.0. The van der Waals surface area contributed by atoms with Crippen molar-refractivity contribution in [2.24, 2.45) is 0 Å². The maximum absolute atomic E-state index is 10.2. The largest absolute Gasteiger partial charge is 0.478 e. The van der Waals surface area contributed by atoms with Gasteiger partial charge in [-0.2, -0.15) is 0 Å². The molecule has 21 heavy (non-hydrogen) atoms. The standard InChI is InChI=1S/C8H8.C6H10O2.C3H4O2/c1-2-8-6-4-3-5-7-8;1-3-5-8-6(7)4-2;1-2-3(4)5/h2-7H,1H2;4H,2-3,5H2,1H3;2H,1H2,(H,4,5). The van der Waals surface area contributed by atoms with E-state index < -0.39 is 5.97 Å². The Bertz CT molecular complexity index is 435. The van der Waals surface area contributed by atoms with Crippen LogP contribution in [0.1, 0.15) is 18.9 Å². The first-order valence-electron chi connectivity index (χ1n) is 6.33. The summed E-state index contributed by atoms with van der Waals surface area (Å²) in [6.45, 7) is 12.3. The Morgan fingerprint density at radius 1 is 1.14 bits per heavy atom. The highest BCUT2D eigenvalue weighted by molar-refractivity contribution is 5.81. The van der Waals surface area contributed by atoms with Gasteiger partial charge in [0.25, 0.3) is 0 Å². The number of benzene rings is 1. The maximum Gasteiger partial charge on any atom is 0.330 e. The molecule has 0 aliphatic carbocycles. The van der Waals surface area contributed by atoms with Gasteiger partial charge in [0.15, 0.2) is 0 Å². The van der Waals surface area contributed by atoms with Crippen LogP contribution < -0.4 is 0 Å². The fourth-order valence-electron chi connectivity index (χ4n) is 0.851. The van der Waals surface area contributed by atoms with Crippen molar-refractivity contribution < 1.29 is 19.4 Å². The lowest BCUT2D eigenvalue weighted by Crippen LogP contribution is -1.99. The van der Waals surface area contributed by atoms with Gasteiger partial charge < -0.3 is 9.84 Å². The third-order valence-corrected chi connectivity index (χ3v) is 1.83. The van der Waals surface area contributed by atoms with Gasteiger partial charge in [0.1, 0.15) is 0 Å². The minimum Gasteiger partial charge on any atom is -0.478 e. The van der Waals surface area contributed by atoms with Crippen molar-refractivity contribution >= 4 is 18.0 Å². The first kappa shape index (κ1) is 20.7. The molecular weight excluding hydrogens is 268 g/mol. The van der Waals surface area contributed by atoms with E-state index in [1.807, 2.05) is 43.3 Å². The molecular formula is C17H22O4. The zero-order valence-corrected chi connectivity index (χ0v) is 12.3. The van der Waals surface area contributed by atoms with Gasteiger partial charge in [0.2, 0.25) is 0 Å². The number of carboxylic acids is 1. The molecule has 1 aromatic carbocycles. The predicted octanol–water partition coefficient (Wildman–Crippen LogP) is 3.71. The van der Waals surface area contributed by atoms with Crippen LogP contribution in [0.25, 0.3) is 6.08 Å². The van der Waals surface area contributed by atoms with Crippen molar-refractivity contribution in [2.75, 3.05) is 6.61 Å². The number of ether oxygens (including phenoxy) is 1. The monoisotopic (exact) mass is 290 g/mol. The summed E-state index contributed by atoms with van der Waals surface area (Å²) in [4.78, 5) is 19.5. The molecule has 4 heteroatoms. The predicted molar refractivity (Wildman–Crippen MR) is 85.8 cm³/mol. The van der Waals surface area contributed by atoms with E-state index in [-0.39, 0.29) is 5.97 Å². The highest BCUT2D eigenvalue weighted by Gasteiger charge is 1.89. The van der Waals surface area contributed by atoms with Crippen LogP contribution in [0.5, 0.6) is 0 Å². The zero-order valence-electron chi connectivity index (χ0n) is 12.3. The molecule has 0 saturated heterocycles. The molecule has 0 spiro atoms. The summed E-state index contributed by atoms with van der Waals surface area (Å²) >= 11 is 0. The van der Waals surface area contributed by atoms with Gasteiger partial charge in [-0.3, -0.25) is 0 Å². The SMILES string of the molecule is C=CC(=O)O.C=CC(=O)OCCC.C=Cc1ccccc1. The number of carboxylic acid groups (broad SMARTS) is 1. The molecule has 0 radical (unpaired) electrons. The average Bonchev–Trinajstić information content (AvgIpc) is 2.54. The molecule has 0 aliphatic rings. The van der Waals surface area contributed by atoms with Gasteiger partial charge in [0, 0.05) is 12.2 Å². The van der Waals surface area contributed by atoms with Crippen LogP contribution in [-0.2, 0) is 14.3 Å². The highest BCUT2D eigenvalue weighted by atomic mass is 16.5. The Balaban J connectivity index is 0. The lowest BCUT2D eigenvalue weighted by molar-refractivity contribution is -0.137. The van der Waals surface area contributed by atoms with Gasteiger partial charge in [0.05, 0.1) is 6.61 Å². The van der Waals surface area contributed by atoms with Crippen LogP contribution in [-0.4, -0.2) is 23.7 Å². The molecule has 1 rings (SSSR count). The molecule has 0 fully saturated rings. The first-order valence-corrected chi connectivity index (χ1v) is 6.33. The molecule has 0 heterocycles. The van der Waals surface area contributed by atoms with E-state index in [2.05, 4.69) is 24.5 Å². The molecule has 4 nitrogen and oxygen atoms in total. The number of hydrogen-bond donors (Lipinski definition) is 1. The maximum atomic E-state index is 10.2. The Kier molecular flexibility index (Phi) is 15.2. The molecule has 0 amide bonds. The minimum absolute atomic E-state index is 0.341. The lowest BCUT2D eigenvalue weighted by atomic mass is 10.2. The smallest absolute Gasteiger partial charge is 0.330 e. The fraction of sp³-hybridized carbons (Fsp3) is 0.176. The van der Waals surface area contributed by atoms with Crippen LogP contribution in [0.4, 0.5) is 0 Å². The molecule has 114 valence electrons. The van der Waals surface area contributed by atoms with Crippen LogP contribution in [0, 0.1) is 0 Å². The molecule has 0 unspecified atom stereocenters. The van der Waals surface area contributed by atoms with Gasteiger partial charge >= 0.3 is 11.9 Å². The van der Waals surface area contributed by atoms with E-state index >= 15 is 0 Å². The normalized spacial score (nSPS) is 7.86. The zero-order chi connectivity index (χ0) is 16.5. The Hall–Kier alpha value is -2.62. The topological polar surface area (TPSA) is 63.6 Å². The van der Waals surface area contributed by atoms with E-state index in [0.29, 0.717) is 6.61 Å². The number of rotatable bonds is 5. The van der Waals surface area contributed by atoms with Gasteiger partial charge in [-0.1, -0.05) is 63.1 Å². The third kappa shape index (κ3) is 17.4. The van der Waals surface area contributed by atoms with Crippen molar-refractivity contribution in [3.05, 3.63) is 67.8 Å². The van der Waals surface area contributed by atoms with E-state index in [9.17, 15) is 9.59 Å². The van der Waals surface area contributed by atoms with Gasteiger partial charge in [-0.05, 0) is 12.0 Å². The molecule has 0 bridgehead atoms. The molecule has 0 saturated carbocycles. The summed E-state index contributed by atoms with van der Waals surface area (Å²) in [5, 5.41) is 7.60. The van der Waals surface area contributed by atoms with E-state index in [1.54, 1.807) is 0 Å². The minimum atomic E-state index is -0.981. The number of carbonyl (C=O) groups excluding carboxylic acids is 1. The summed E-state index contributed by atoms with van der Waals surface area (Å²) in [5.74, 6) is -1.32. The number of hydrogen-bond acceptors (Lipinski definition) is 3. The summed E-state index contributed by atoms with van der Waals surface area (Å²) < 4.78 is 4.58. The molecule has 0 aromatic heterocycles. The Morgan fingerprint density at radius 3 is 1.95 bits per heavy atom. The third-order valence-electron chi connectivity index (χ3n) is 1.83. The Morgan fingerprint density at radius 2 is 1.67 bits per heavy atom. The quantitative estimate of drug-likeness (QED) is 0.663. The number of carbonyl (C=O) groups is 2. The summed E-state index contributed by atoms with van der Waals surface area (Å²) in [5.41, 5.74) is 1.17. The lowest BCUT2D eigenvalue weighted by Gasteiger charge is -1.94. The van der Waals surface area contributed by atoms with Crippen molar-refractivity contribution in [3.63, 3.8) is 0 Å². The molecule has 1 aromatic rings. The fourth-order valence-corrected chi connectivity index (χ4v) is 0.851. The summed E-state index contributed by atoms with van der Waals surface area (Å²) in [7, 11) is 0. The van der Waals surface area contributed by atoms with E-state index in [4.69, 9.17) is 5.11 Å². The first-order chi connectivity index (χ1) is 10.0. The van der Waals surface area contributed by atoms with Gasteiger partial charge in [-0.25, -0.2) is 9.59 Å². The van der Waals surface area contributed by atoms with E-state index in [0.717, 1.165) is 18.6 Å². The molecule has 0 aliphatic heterocycles. The second-order valence-corrected chi connectivity index (χ2v) is 3.53. The highest BCUT2D eigenvalue weighted by Crippen LogP contribution is 1.97. The van der Waals surface area contributed by atoms with Crippen LogP contribution >= 0.6 is 0 Å². The van der Waals surface area contributed by atoms with Crippen molar-refractivity contribution in [2.45, 2.75) is 13.3 Å². The molecule has 0 atom stereocenters. The van der Waals surface area contributed by atoms with Gasteiger partial charge in [-0.15, -0.1) is 0 Å². The van der Waals surface area contributed by atoms with E-state index in [1.165, 1.54) is 5.56 Å². The van der Waals surface area contributed by atoms with Crippen molar-refractivity contribution in [3.8, 4) is 0 Å². The summed E-state index contributed by atoms with van der Waals surface area (Å²) in [6.07, 6.45) is 4.69. The molecule has 1 N–H and O–H groups in total. The number of esters is 1. The van der Waals surface area contributed by atoms with Crippen molar-refractivity contribution in [1.29, 1.82) is 0 Å². The van der Waals surface area contributed by atoms with Crippen LogP contribution in [0.2, 0.25) is 0 Å². The Labute approximate surface area is 126 Å². The second-order valence-electron chi connectivity index (χ2n) is 3.53. The van der Waals surface area contributed by atoms with Crippen LogP contribution in [0.3, 0.4) is 0 Å². The van der Waals surface area contributed by atoms with Crippen LogP contribution in [0.15, 0.2) is 62.2 Å².